The van der Waals surface area contributed by atoms with Crippen molar-refractivity contribution in [3.05, 3.63) is 65.9 Å². The van der Waals surface area contributed by atoms with Crippen LogP contribution < -0.4 is 10.1 Å². The molecular formula is C20H22N2O4. The Labute approximate surface area is 152 Å². The lowest BCUT2D eigenvalue weighted by atomic mass is 10.2. The first-order chi connectivity index (χ1) is 12.7. The average Bonchev–Trinajstić information content (AvgIpc) is 3.13. The van der Waals surface area contributed by atoms with Gasteiger partial charge in [-0.25, -0.2) is 0 Å². The van der Waals surface area contributed by atoms with Crippen LogP contribution in [0.25, 0.3) is 10.9 Å². The standard InChI is InChI=1S/C20H22N2O4/c1-24-19(25-2)12-21-20(23)17-11-15-16(22-17)9-6-10-18(15)26-13-14-7-4-3-5-8-14/h3-11,19,22H,12-13H2,1-2H3,(H,21,23). The Balaban J connectivity index is 1.73. The predicted octanol–water partition coefficient (Wildman–Crippen LogP) is 3.10. The van der Waals surface area contributed by atoms with Crippen LogP contribution in [-0.2, 0) is 16.1 Å². The third-order valence-corrected chi connectivity index (χ3v) is 4.06. The number of ether oxygens (including phenoxy) is 3. The van der Waals surface area contributed by atoms with Crippen molar-refractivity contribution in [1.29, 1.82) is 0 Å². The molecule has 3 aromatic rings. The lowest BCUT2D eigenvalue weighted by molar-refractivity contribution is -0.0974. The summed E-state index contributed by atoms with van der Waals surface area (Å²) in [6.45, 7) is 0.731. The van der Waals surface area contributed by atoms with Gasteiger partial charge in [0.1, 0.15) is 18.1 Å². The van der Waals surface area contributed by atoms with Gasteiger partial charge in [-0.3, -0.25) is 4.79 Å². The molecule has 0 bridgehead atoms. The van der Waals surface area contributed by atoms with E-state index >= 15 is 0 Å². The van der Waals surface area contributed by atoms with E-state index in [-0.39, 0.29) is 12.5 Å². The maximum Gasteiger partial charge on any atom is 0.267 e. The van der Waals surface area contributed by atoms with Gasteiger partial charge in [0.15, 0.2) is 6.29 Å². The number of methoxy groups -OCH3 is 2. The Morgan fingerprint density at radius 2 is 1.85 bits per heavy atom. The molecule has 0 fully saturated rings. The summed E-state index contributed by atoms with van der Waals surface area (Å²) in [6, 6.07) is 17.4. The molecule has 1 aromatic heterocycles. The van der Waals surface area contributed by atoms with Gasteiger partial charge in [-0.1, -0.05) is 36.4 Å². The largest absolute Gasteiger partial charge is 0.488 e. The minimum atomic E-state index is -0.479. The smallest absolute Gasteiger partial charge is 0.267 e. The van der Waals surface area contributed by atoms with Crippen LogP contribution in [0.4, 0.5) is 0 Å². The van der Waals surface area contributed by atoms with Crippen LogP contribution in [0.2, 0.25) is 0 Å². The van der Waals surface area contributed by atoms with Gasteiger partial charge < -0.3 is 24.5 Å². The van der Waals surface area contributed by atoms with Gasteiger partial charge in [-0.15, -0.1) is 0 Å². The average molecular weight is 354 g/mol. The molecule has 6 nitrogen and oxygen atoms in total. The van der Waals surface area contributed by atoms with Crippen molar-refractivity contribution in [3.8, 4) is 5.75 Å². The van der Waals surface area contributed by atoms with Crippen LogP contribution in [0.3, 0.4) is 0 Å². The zero-order valence-electron chi connectivity index (χ0n) is 14.8. The molecule has 0 saturated carbocycles. The molecule has 0 spiro atoms. The lowest BCUT2D eigenvalue weighted by Gasteiger charge is -2.13. The highest BCUT2D eigenvalue weighted by Crippen LogP contribution is 2.27. The number of benzene rings is 2. The molecule has 26 heavy (non-hydrogen) atoms. The fraction of sp³-hybridized carbons (Fsp3) is 0.250. The second-order valence-corrected chi connectivity index (χ2v) is 5.79. The van der Waals surface area contributed by atoms with E-state index in [4.69, 9.17) is 14.2 Å². The fourth-order valence-electron chi connectivity index (χ4n) is 2.65. The number of aromatic amines is 1. The van der Waals surface area contributed by atoms with Crippen molar-refractivity contribution in [3.63, 3.8) is 0 Å². The third kappa shape index (κ3) is 4.22. The highest BCUT2D eigenvalue weighted by atomic mass is 16.7. The maximum absolute atomic E-state index is 12.3. The predicted molar refractivity (Wildman–Crippen MR) is 99.2 cm³/mol. The van der Waals surface area contributed by atoms with Crippen molar-refractivity contribution >= 4 is 16.8 Å². The second-order valence-electron chi connectivity index (χ2n) is 5.79. The number of hydrogen-bond acceptors (Lipinski definition) is 4. The van der Waals surface area contributed by atoms with E-state index in [0.29, 0.717) is 12.3 Å². The molecule has 3 rings (SSSR count). The maximum atomic E-state index is 12.3. The van der Waals surface area contributed by atoms with Gasteiger partial charge in [-0.2, -0.15) is 0 Å². The quantitative estimate of drug-likeness (QED) is 0.610. The summed E-state index contributed by atoms with van der Waals surface area (Å²) in [5.41, 5.74) is 2.39. The highest BCUT2D eigenvalue weighted by Gasteiger charge is 2.14. The topological polar surface area (TPSA) is 72.6 Å². The molecule has 2 N–H and O–H groups in total. The fourth-order valence-corrected chi connectivity index (χ4v) is 2.65. The number of carbonyl (C=O) groups excluding carboxylic acids is 1. The van der Waals surface area contributed by atoms with Crippen LogP contribution in [0.5, 0.6) is 5.75 Å². The summed E-state index contributed by atoms with van der Waals surface area (Å²) < 4.78 is 16.1. The van der Waals surface area contributed by atoms with E-state index in [9.17, 15) is 4.79 Å². The molecule has 0 aliphatic carbocycles. The minimum Gasteiger partial charge on any atom is -0.488 e. The molecule has 0 radical (unpaired) electrons. The van der Waals surface area contributed by atoms with Crippen LogP contribution in [-0.4, -0.2) is 37.9 Å². The summed E-state index contributed by atoms with van der Waals surface area (Å²) >= 11 is 0. The van der Waals surface area contributed by atoms with E-state index in [1.54, 1.807) is 6.07 Å². The molecule has 2 aromatic carbocycles. The van der Waals surface area contributed by atoms with E-state index in [1.165, 1.54) is 14.2 Å². The molecule has 0 aliphatic heterocycles. The zero-order chi connectivity index (χ0) is 18.4. The Morgan fingerprint density at radius 3 is 2.58 bits per heavy atom. The number of amides is 1. The third-order valence-electron chi connectivity index (χ3n) is 4.06. The molecule has 1 amide bonds. The summed E-state index contributed by atoms with van der Waals surface area (Å²) in [7, 11) is 3.05. The van der Waals surface area contributed by atoms with E-state index in [0.717, 1.165) is 22.2 Å². The first-order valence-electron chi connectivity index (χ1n) is 8.33. The number of carbonyl (C=O) groups is 1. The highest BCUT2D eigenvalue weighted by molar-refractivity contribution is 5.99. The normalized spacial score (nSPS) is 11.0. The Kier molecular flexibility index (Phi) is 5.88. The van der Waals surface area contributed by atoms with E-state index in [2.05, 4.69) is 10.3 Å². The summed E-state index contributed by atoms with van der Waals surface area (Å²) in [4.78, 5) is 15.5. The molecule has 0 unspecified atom stereocenters. The Hall–Kier alpha value is -2.83. The van der Waals surface area contributed by atoms with Crippen LogP contribution in [0.15, 0.2) is 54.6 Å². The molecular weight excluding hydrogens is 332 g/mol. The second kappa shape index (κ2) is 8.51. The van der Waals surface area contributed by atoms with Crippen molar-refractivity contribution < 1.29 is 19.0 Å². The first-order valence-corrected chi connectivity index (χ1v) is 8.33. The summed E-state index contributed by atoms with van der Waals surface area (Å²) in [5.74, 6) is 0.502. The molecule has 136 valence electrons. The SMILES string of the molecule is COC(CNC(=O)c1cc2c(OCc3ccccc3)cccc2[nH]1)OC. The van der Waals surface area contributed by atoms with Gasteiger partial charge in [-0.05, 0) is 23.8 Å². The zero-order valence-corrected chi connectivity index (χ0v) is 14.8. The van der Waals surface area contributed by atoms with E-state index < -0.39 is 6.29 Å². The minimum absolute atomic E-state index is 0.227. The summed E-state index contributed by atoms with van der Waals surface area (Å²) in [5, 5.41) is 3.64. The van der Waals surface area contributed by atoms with Gasteiger partial charge in [0.25, 0.3) is 5.91 Å². The number of aromatic nitrogens is 1. The van der Waals surface area contributed by atoms with Crippen LogP contribution >= 0.6 is 0 Å². The molecule has 0 atom stereocenters. The van der Waals surface area contributed by atoms with Gasteiger partial charge in [0.2, 0.25) is 0 Å². The monoisotopic (exact) mass is 354 g/mol. The molecule has 0 aliphatic rings. The Bertz CT molecular complexity index is 857. The number of hydrogen-bond donors (Lipinski definition) is 2. The Morgan fingerprint density at radius 1 is 1.08 bits per heavy atom. The summed E-state index contributed by atoms with van der Waals surface area (Å²) in [6.07, 6.45) is -0.479. The molecule has 6 heteroatoms. The lowest BCUT2D eigenvalue weighted by Crippen LogP contribution is -2.34. The van der Waals surface area contributed by atoms with E-state index in [1.807, 2.05) is 48.5 Å². The van der Waals surface area contributed by atoms with Crippen LogP contribution in [0.1, 0.15) is 16.1 Å². The number of fused-ring (bicyclic) bond motifs is 1. The van der Waals surface area contributed by atoms with Crippen molar-refractivity contribution in [2.24, 2.45) is 0 Å². The molecule has 1 heterocycles. The number of nitrogens with one attached hydrogen (secondary N) is 2. The first kappa shape index (κ1) is 18.0. The van der Waals surface area contributed by atoms with Gasteiger partial charge >= 0.3 is 0 Å². The van der Waals surface area contributed by atoms with Crippen molar-refractivity contribution in [1.82, 2.24) is 10.3 Å². The van der Waals surface area contributed by atoms with Crippen molar-refractivity contribution in [2.45, 2.75) is 12.9 Å². The number of rotatable bonds is 8. The van der Waals surface area contributed by atoms with Crippen LogP contribution in [0, 0.1) is 0 Å². The van der Waals surface area contributed by atoms with Gasteiger partial charge in [0, 0.05) is 25.1 Å². The molecule has 0 saturated heterocycles. The number of H-pyrrole nitrogens is 1. The van der Waals surface area contributed by atoms with Crippen molar-refractivity contribution in [2.75, 3.05) is 20.8 Å². The van der Waals surface area contributed by atoms with Gasteiger partial charge in [0.05, 0.1) is 6.54 Å².